The van der Waals surface area contributed by atoms with Crippen LogP contribution in [0.5, 0.6) is 0 Å². The Morgan fingerprint density at radius 3 is 2.23 bits per heavy atom. The van der Waals surface area contributed by atoms with E-state index < -0.39 is 23.5 Å². The zero-order valence-corrected chi connectivity index (χ0v) is 22.2. The molecule has 40 heavy (non-hydrogen) atoms. The molecule has 3 atom stereocenters. The third-order valence-corrected chi connectivity index (χ3v) is 8.48. The van der Waals surface area contributed by atoms with Crippen LogP contribution in [0.25, 0.3) is 11.1 Å². The SMILES string of the molecule is O=C(NC1(C(=O)NC[C@@H]2C[C@@H]2C(=O)O)CCN(Cc2ccccc2)C1)OCC1c2ccccc2-c2ccccc21. The molecule has 2 aliphatic carbocycles. The van der Waals surface area contributed by atoms with Crippen LogP contribution in [0.2, 0.25) is 0 Å². The molecule has 2 fully saturated rings. The summed E-state index contributed by atoms with van der Waals surface area (Å²) in [4.78, 5) is 40.2. The molecule has 1 saturated heterocycles. The second-order valence-corrected chi connectivity index (χ2v) is 11.1. The van der Waals surface area contributed by atoms with Gasteiger partial charge in [0, 0.05) is 32.1 Å². The van der Waals surface area contributed by atoms with Gasteiger partial charge in [-0.15, -0.1) is 0 Å². The normalized spacial score (nSPS) is 23.2. The second-order valence-electron chi connectivity index (χ2n) is 11.1. The van der Waals surface area contributed by atoms with Crippen molar-refractivity contribution in [1.29, 1.82) is 0 Å². The van der Waals surface area contributed by atoms with Gasteiger partial charge in [-0.2, -0.15) is 0 Å². The Morgan fingerprint density at radius 2 is 1.57 bits per heavy atom. The van der Waals surface area contributed by atoms with E-state index in [9.17, 15) is 19.5 Å². The first-order valence-electron chi connectivity index (χ1n) is 13.8. The quantitative estimate of drug-likeness (QED) is 0.379. The van der Waals surface area contributed by atoms with Gasteiger partial charge in [0.05, 0.1) is 5.92 Å². The molecule has 3 aromatic rings. The zero-order chi connectivity index (χ0) is 27.7. The molecule has 3 aromatic carbocycles. The molecule has 8 nitrogen and oxygen atoms in total. The Hall–Kier alpha value is -4.17. The number of nitrogens with zero attached hydrogens (tertiary/aromatic N) is 1. The number of hydrogen-bond acceptors (Lipinski definition) is 5. The average molecular weight is 540 g/mol. The van der Waals surface area contributed by atoms with E-state index in [1.54, 1.807) is 0 Å². The Balaban J connectivity index is 1.14. The Labute approximate surface area is 233 Å². The van der Waals surface area contributed by atoms with E-state index in [4.69, 9.17) is 4.74 Å². The number of rotatable bonds is 9. The van der Waals surface area contributed by atoms with Crippen LogP contribution in [-0.4, -0.2) is 59.8 Å². The summed E-state index contributed by atoms with van der Waals surface area (Å²) in [5.74, 6) is -1.70. The smallest absolute Gasteiger partial charge is 0.408 e. The molecule has 206 valence electrons. The van der Waals surface area contributed by atoms with Crippen molar-refractivity contribution in [3.63, 3.8) is 0 Å². The predicted molar refractivity (Wildman–Crippen MR) is 150 cm³/mol. The monoisotopic (exact) mass is 539 g/mol. The number of carboxylic acid groups (broad SMARTS) is 1. The number of benzene rings is 3. The van der Waals surface area contributed by atoms with Crippen molar-refractivity contribution in [3.05, 3.63) is 95.6 Å². The molecule has 0 bridgehead atoms. The first kappa shape index (κ1) is 26.1. The van der Waals surface area contributed by atoms with E-state index in [1.807, 2.05) is 54.6 Å². The van der Waals surface area contributed by atoms with Gasteiger partial charge in [-0.05, 0) is 46.6 Å². The number of nitrogens with one attached hydrogen (secondary N) is 2. The molecule has 1 unspecified atom stereocenters. The van der Waals surface area contributed by atoms with E-state index in [1.165, 1.54) is 0 Å². The van der Waals surface area contributed by atoms with Crippen molar-refractivity contribution >= 4 is 18.0 Å². The zero-order valence-electron chi connectivity index (χ0n) is 22.2. The maximum atomic E-state index is 13.5. The van der Waals surface area contributed by atoms with Gasteiger partial charge in [0.15, 0.2) is 0 Å². The number of carbonyl (C=O) groups is 3. The molecule has 0 aromatic heterocycles. The van der Waals surface area contributed by atoms with Gasteiger partial charge in [0.1, 0.15) is 12.1 Å². The van der Waals surface area contributed by atoms with E-state index in [0.29, 0.717) is 32.5 Å². The van der Waals surface area contributed by atoms with Gasteiger partial charge in [-0.1, -0.05) is 78.9 Å². The lowest BCUT2D eigenvalue weighted by Crippen LogP contribution is -2.60. The van der Waals surface area contributed by atoms with Crippen LogP contribution < -0.4 is 10.6 Å². The van der Waals surface area contributed by atoms with Crippen LogP contribution >= 0.6 is 0 Å². The van der Waals surface area contributed by atoms with Gasteiger partial charge in [-0.25, -0.2) is 4.79 Å². The molecule has 1 heterocycles. The highest BCUT2D eigenvalue weighted by atomic mass is 16.5. The van der Waals surface area contributed by atoms with E-state index in [0.717, 1.165) is 27.8 Å². The Bertz CT molecular complexity index is 1380. The van der Waals surface area contributed by atoms with Crippen LogP contribution in [0.15, 0.2) is 78.9 Å². The van der Waals surface area contributed by atoms with Crippen molar-refractivity contribution in [1.82, 2.24) is 15.5 Å². The third kappa shape index (κ3) is 5.19. The number of alkyl carbamates (subject to hydrolysis) is 1. The van der Waals surface area contributed by atoms with Gasteiger partial charge in [0.25, 0.3) is 0 Å². The number of ether oxygens (including phenoxy) is 1. The maximum absolute atomic E-state index is 13.5. The largest absolute Gasteiger partial charge is 0.481 e. The minimum absolute atomic E-state index is 0.0743. The van der Waals surface area contributed by atoms with Crippen molar-refractivity contribution in [2.45, 2.75) is 30.8 Å². The molecule has 6 rings (SSSR count). The van der Waals surface area contributed by atoms with E-state index >= 15 is 0 Å². The molecular formula is C32H33N3O5. The molecule has 3 aliphatic rings. The number of aliphatic carboxylic acids is 1. The minimum Gasteiger partial charge on any atom is -0.481 e. The fourth-order valence-electron chi connectivity index (χ4n) is 6.21. The lowest BCUT2D eigenvalue weighted by Gasteiger charge is -2.29. The summed E-state index contributed by atoms with van der Waals surface area (Å²) in [6.45, 7) is 2.07. The standard InChI is InChI=1S/C32H33N3O5/c36-29(37)27-16-22(27)17-33-30(38)32(14-15-35(20-32)18-21-8-2-1-3-9-21)34-31(39)40-19-28-25-12-6-4-10-23(25)24-11-5-7-13-26(24)28/h1-13,22,27-28H,14-20H2,(H,33,38)(H,34,39)(H,36,37)/t22-,27-,32?/m0/s1. The summed E-state index contributed by atoms with van der Waals surface area (Å²) in [5, 5.41) is 15.1. The summed E-state index contributed by atoms with van der Waals surface area (Å²) in [6.07, 6.45) is 0.360. The first-order chi connectivity index (χ1) is 19.4. The maximum Gasteiger partial charge on any atom is 0.408 e. The first-order valence-corrected chi connectivity index (χ1v) is 13.8. The van der Waals surface area contributed by atoms with Crippen molar-refractivity contribution in [2.24, 2.45) is 11.8 Å². The van der Waals surface area contributed by atoms with Gasteiger partial charge in [0.2, 0.25) is 5.91 Å². The number of likely N-dealkylation sites (tertiary alicyclic amines) is 1. The Morgan fingerprint density at radius 1 is 0.925 bits per heavy atom. The lowest BCUT2D eigenvalue weighted by molar-refractivity contribution is -0.139. The van der Waals surface area contributed by atoms with E-state index in [2.05, 4.69) is 39.8 Å². The highest BCUT2D eigenvalue weighted by Crippen LogP contribution is 2.44. The van der Waals surface area contributed by atoms with Crippen LogP contribution in [0.3, 0.4) is 0 Å². The molecule has 8 heteroatoms. The van der Waals surface area contributed by atoms with Crippen molar-refractivity contribution in [2.75, 3.05) is 26.2 Å². The number of hydrogen-bond donors (Lipinski definition) is 3. The summed E-state index contributed by atoms with van der Waals surface area (Å²) in [5.41, 5.74) is 4.50. The fraction of sp³-hybridized carbons (Fsp3) is 0.344. The van der Waals surface area contributed by atoms with Crippen LogP contribution in [0.1, 0.15) is 35.4 Å². The summed E-state index contributed by atoms with van der Waals surface area (Å²) >= 11 is 0. The lowest BCUT2D eigenvalue weighted by atomic mass is 9.97. The number of fused-ring (bicyclic) bond motifs is 3. The van der Waals surface area contributed by atoms with Gasteiger partial charge in [-0.3, -0.25) is 14.5 Å². The predicted octanol–water partition coefficient (Wildman–Crippen LogP) is 4.01. The second kappa shape index (κ2) is 10.8. The molecular weight excluding hydrogens is 506 g/mol. The molecule has 2 amide bonds. The molecule has 1 aliphatic heterocycles. The summed E-state index contributed by atoms with van der Waals surface area (Å²) in [6, 6.07) is 26.3. The van der Waals surface area contributed by atoms with E-state index in [-0.39, 0.29) is 30.9 Å². The molecule has 3 N–H and O–H groups in total. The Kier molecular flexibility index (Phi) is 7.02. The average Bonchev–Trinajstić information content (AvgIpc) is 3.55. The van der Waals surface area contributed by atoms with Crippen LogP contribution in [0.4, 0.5) is 4.79 Å². The topological polar surface area (TPSA) is 108 Å². The van der Waals surface area contributed by atoms with Crippen molar-refractivity contribution < 1.29 is 24.2 Å². The highest BCUT2D eigenvalue weighted by molar-refractivity contribution is 5.91. The molecule has 1 saturated carbocycles. The fourth-order valence-corrected chi connectivity index (χ4v) is 6.21. The van der Waals surface area contributed by atoms with Crippen molar-refractivity contribution in [3.8, 4) is 11.1 Å². The van der Waals surface area contributed by atoms with Gasteiger partial charge >= 0.3 is 12.1 Å². The number of amides is 2. The number of carboxylic acids is 1. The molecule has 0 radical (unpaired) electrons. The summed E-state index contributed by atoms with van der Waals surface area (Å²) in [7, 11) is 0. The number of carbonyl (C=O) groups excluding carboxylic acids is 2. The highest BCUT2D eigenvalue weighted by Gasteiger charge is 2.48. The van der Waals surface area contributed by atoms with Crippen LogP contribution in [-0.2, 0) is 20.9 Å². The van der Waals surface area contributed by atoms with Crippen LogP contribution in [0, 0.1) is 11.8 Å². The summed E-state index contributed by atoms with van der Waals surface area (Å²) < 4.78 is 5.79. The van der Waals surface area contributed by atoms with Gasteiger partial charge < -0.3 is 20.5 Å². The minimum atomic E-state index is -1.16. The third-order valence-electron chi connectivity index (χ3n) is 8.48. The molecule has 0 spiro atoms.